The van der Waals surface area contributed by atoms with Gasteiger partial charge < -0.3 is 29.8 Å². The van der Waals surface area contributed by atoms with Crippen molar-refractivity contribution < 1.29 is 14.3 Å². The maximum absolute atomic E-state index is 10.7. The van der Waals surface area contributed by atoms with Crippen LogP contribution in [-0.2, 0) is 5.60 Å². The van der Waals surface area contributed by atoms with Crippen molar-refractivity contribution >= 4 is 29.9 Å². The SMILES string of the molecule is CCNC(=NCC(C)(O)c1ccc(C)o1)NCC(c1ccc(OC)cc1)N(C)C.I. The van der Waals surface area contributed by atoms with Crippen LogP contribution in [0.3, 0.4) is 0 Å². The van der Waals surface area contributed by atoms with Gasteiger partial charge in [0, 0.05) is 13.1 Å². The Morgan fingerprint density at radius 3 is 2.37 bits per heavy atom. The number of likely N-dealkylation sites (N-methyl/N-ethyl adjacent to an activating group) is 1. The number of halogens is 1. The number of aryl methyl sites for hydroxylation is 1. The number of methoxy groups -OCH3 is 1. The Morgan fingerprint density at radius 2 is 1.87 bits per heavy atom. The first-order valence-electron chi connectivity index (χ1n) is 9.88. The number of rotatable bonds is 9. The molecule has 0 spiro atoms. The Balaban J connectivity index is 0.00000450. The molecule has 1 aromatic heterocycles. The molecule has 2 rings (SSSR count). The smallest absolute Gasteiger partial charge is 0.191 e. The number of ether oxygens (including phenoxy) is 1. The van der Waals surface area contributed by atoms with Crippen LogP contribution >= 0.6 is 24.0 Å². The van der Waals surface area contributed by atoms with Crippen LogP contribution in [-0.4, -0.2) is 56.8 Å². The Hall–Kier alpha value is -1.78. The van der Waals surface area contributed by atoms with E-state index in [4.69, 9.17) is 9.15 Å². The summed E-state index contributed by atoms with van der Waals surface area (Å²) in [5.41, 5.74) is 0.00490. The summed E-state index contributed by atoms with van der Waals surface area (Å²) in [5, 5.41) is 17.3. The molecule has 1 aromatic carbocycles. The Labute approximate surface area is 196 Å². The second-order valence-corrected chi connectivity index (χ2v) is 7.51. The number of aliphatic hydroxyl groups is 1. The van der Waals surface area contributed by atoms with Crippen LogP contribution in [0, 0.1) is 6.92 Å². The van der Waals surface area contributed by atoms with E-state index in [1.165, 1.54) is 5.56 Å². The van der Waals surface area contributed by atoms with Crippen LogP contribution in [0.5, 0.6) is 5.75 Å². The minimum atomic E-state index is -1.17. The van der Waals surface area contributed by atoms with E-state index in [-0.39, 0.29) is 36.6 Å². The number of benzene rings is 1. The summed E-state index contributed by atoms with van der Waals surface area (Å²) in [6.45, 7) is 7.14. The third-order valence-electron chi connectivity index (χ3n) is 4.75. The Kier molecular flexibility index (Phi) is 10.6. The van der Waals surface area contributed by atoms with E-state index >= 15 is 0 Å². The maximum atomic E-state index is 10.7. The lowest BCUT2D eigenvalue weighted by Crippen LogP contribution is -2.42. The fourth-order valence-electron chi connectivity index (χ4n) is 2.99. The zero-order valence-corrected chi connectivity index (χ0v) is 21.1. The van der Waals surface area contributed by atoms with Crippen molar-refractivity contribution in [3.63, 3.8) is 0 Å². The number of nitrogens with zero attached hydrogens (tertiary/aromatic N) is 2. The topological polar surface area (TPSA) is 82.3 Å². The molecule has 3 N–H and O–H groups in total. The van der Waals surface area contributed by atoms with Crippen LogP contribution in [0.25, 0.3) is 0 Å². The van der Waals surface area contributed by atoms with Crippen LogP contribution in [0.15, 0.2) is 45.8 Å². The van der Waals surface area contributed by atoms with Gasteiger partial charge in [0.1, 0.15) is 22.9 Å². The quantitative estimate of drug-likeness (QED) is 0.262. The summed E-state index contributed by atoms with van der Waals surface area (Å²) >= 11 is 0. The van der Waals surface area contributed by atoms with Crippen molar-refractivity contribution in [1.82, 2.24) is 15.5 Å². The zero-order valence-electron chi connectivity index (χ0n) is 18.7. The van der Waals surface area contributed by atoms with Gasteiger partial charge in [0.15, 0.2) is 5.96 Å². The summed E-state index contributed by atoms with van der Waals surface area (Å²) in [4.78, 5) is 6.72. The number of hydrogen-bond acceptors (Lipinski definition) is 5. The van der Waals surface area contributed by atoms with E-state index in [1.807, 2.05) is 46.1 Å². The predicted molar refractivity (Wildman–Crippen MR) is 132 cm³/mol. The van der Waals surface area contributed by atoms with Crippen LogP contribution in [0.2, 0.25) is 0 Å². The molecule has 0 aliphatic heterocycles. The van der Waals surface area contributed by atoms with Crippen LogP contribution in [0.1, 0.15) is 37.0 Å². The molecule has 0 radical (unpaired) electrons. The molecule has 2 unspecified atom stereocenters. The molecule has 8 heteroatoms. The van der Waals surface area contributed by atoms with Crippen molar-refractivity contribution in [2.24, 2.45) is 4.99 Å². The molecule has 0 aliphatic rings. The number of hydrogen-bond donors (Lipinski definition) is 3. The molecule has 7 nitrogen and oxygen atoms in total. The number of nitrogens with one attached hydrogen (secondary N) is 2. The predicted octanol–water partition coefficient (Wildman–Crippen LogP) is 3.28. The molecule has 30 heavy (non-hydrogen) atoms. The highest BCUT2D eigenvalue weighted by molar-refractivity contribution is 14.0. The first-order valence-corrected chi connectivity index (χ1v) is 9.88. The average Bonchev–Trinajstić information content (AvgIpc) is 3.14. The molecule has 0 fully saturated rings. The highest BCUT2D eigenvalue weighted by Crippen LogP contribution is 2.23. The third kappa shape index (κ3) is 7.48. The molecule has 168 valence electrons. The molecule has 1 heterocycles. The summed E-state index contributed by atoms with van der Waals surface area (Å²) in [6.07, 6.45) is 0. The highest BCUT2D eigenvalue weighted by Gasteiger charge is 2.27. The summed E-state index contributed by atoms with van der Waals surface area (Å²) in [7, 11) is 5.76. The van der Waals surface area contributed by atoms with Gasteiger partial charge >= 0.3 is 0 Å². The van der Waals surface area contributed by atoms with E-state index in [1.54, 1.807) is 20.1 Å². The lowest BCUT2D eigenvalue weighted by atomic mass is 10.0. The molecule has 0 saturated heterocycles. The van der Waals surface area contributed by atoms with Crippen LogP contribution in [0.4, 0.5) is 0 Å². The van der Waals surface area contributed by atoms with Gasteiger partial charge in [-0.05, 0) is 64.7 Å². The van der Waals surface area contributed by atoms with Crippen molar-refractivity contribution in [3.05, 3.63) is 53.5 Å². The van der Waals surface area contributed by atoms with Gasteiger partial charge in [0.05, 0.1) is 19.7 Å². The molecule has 0 saturated carbocycles. The van der Waals surface area contributed by atoms with E-state index < -0.39 is 5.60 Å². The Bertz CT molecular complexity index is 788. The van der Waals surface area contributed by atoms with E-state index in [9.17, 15) is 5.11 Å². The number of aliphatic imine (C=N–C) groups is 1. The first kappa shape index (κ1) is 26.3. The molecule has 0 amide bonds. The van der Waals surface area contributed by atoms with E-state index in [0.29, 0.717) is 18.3 Å². The summed E-state index contributed by atoms with van der Waals surface area (Å²) < 4.78 is 10.8. The van der Waals surface area contributed by atoms with Gasteiger partial charge in [-0.25, -0.2) is 4.99 Å². The maximum Gasteiger partial charge on any atom is 0.191 e. The third-order valence-corrected chi connectivity index (χ3v) is 4.75. The molecular formula is C22H35IN4O3. The van der Waals surface area contributed by atoms with Crippen molar-refractivity contribution in [2.45, 2.75) is 32.4 Å². The highest BCUT2D eigenvalue weighted by atomic mass is 127. The Morgan fingerprint density at radius 1 is 1.20 bits per heavy atom. The minimum absolute atomic E-state index is 0. The summed E-state index contributed by atoms with van der Waals surface area (Å²) in [6, 6.07) is 11.8. The lowest BCUT2D eigenvalue weighted by molar-refractivity contribution is 0.0428. The molecule has 0 aliphatic carbocycles. The first-order chi connectivity index (χ1) is 13.8. The normalized spacial score (nSPS) is 14.6. The summed E-state index contributed by atoms with van der Waals surface area (Å²) in [5.74, 6) is 2.77. The van der Waals surface area contributed by atoms with Crippen LogP contribution < -0.4 is 15.4 Å². The molecule has 0 bridgehead atoms. The number of furan rings is 1. The fraction of sp³-hybridized carbons (Fsp3) is 0.500. The van der Waals surface area contributed by atoms with Gasteiger partial charge in [-0.1, -0.05) is 12.1 Å². The lowest BCUT2D eigenvalue weighted by Gasteiger charge is -2.26. The van der Waals surface area contributed by atoms with Gasteiger partial charge in [-0.3, -0.25) is 0 Å². The fourth-order valence-corrected chi connectivity index (χ4v) is 2.99. The van der Waals surface area contributed by atoms with Gasteiger partial charge in [0.2, 0.25) is 0 Å². The largest absolute Gasteiger partial charge is 0.497 e. The van der Waals surface area contributed by atoms with Gasteiger partial charge in [-0.15, -0.1) is 24.0 Å². The second-order valence-electron chi connectivity index (χ2n) is 7.51. The molecule has 2 aromatic rings. The molecular weight excluding hydrogens is 495 g/mol. The van der Waals surface area contributed by atoms with Crippen molar-refractivity contribution in [2.75, 3.05) is 40.8 Å². The minimum Gasteiger partial charge on any atom is -0.497 e. The van der Waals surface area contributed by atoms with Gasteiger partial charge in [-0.2, -0.15) is 0 Å². The second kappa shape index (κ2) is 12.2. The average molecular weight is 530 g/mol. The number of guanidine groups is 1. The van der Waals surface area contributed by atoms with Crippen molar-refractivity contribution in [3.8, 4) is 5.75 Å². The van der Waals surface area contributed by atoms with E-state index in [0.717, 1.165) is 18.1 Å². The van der Waals surface area contributed by atoms with Gasteiger partial charge in [0.25, 0.3) is 0 Å². The van der Waals surface area contributed by atoms with E-state index in [2.05, 4.69) is 32.7 Å². The standard InChI is InChI=1S/C22H34N4O3.HI/c1-7-23-21(25-15-22(3,27)20-13-8-16(2)29-20)24-14-19(26(4)5)17-9-11-18(28-6)12-10-17;/h8-13,19,27H,7,14-15H2,1-6H3,(H2,23,24,25);1H. The van der Waals surface area contributed by atoms with Crippen molar-refractivity contribution in [1.29, 1.82) is 0 Å². The monoisotopic (exact) mass is 530 g/mol. The molecule has 2 atom stereocenters. The zero-order chi connectivity index (χ0) is 21.4.